The lowest BCUT2D eigenvalue weighted by Gasteiger charge is -2.11. The normalized spacial score (nSPS) is 15.9. The van der Waals surface area contributed by atoms with Crippen molar-refractivity contribution in [3.63, 3.8) is 0 Å². The highest BCUT2D eigenvalue weighted by atomic mass is 16.2. The number of nitrogens with zero attached hydrogens (tertiary/aromatic N) is 2. The maximum Gasteiger partial charge on any atom is 0.258 e. The van der Waals surface area contributed by atoms with Crippen molar-refractivity contribution in [2.24, 2.45) is 10.9 Å². The van der Waals surface area contributed by atoms with Crippen molar-refractivity contribution >= 4 is 17.9 Å². The van der Waals surface area contributed by atoms with E-state index in [1.807, 2.05) is 13.8 Å². The molecule has 0 fully saturated rings. The van der Waals surface area contributed by atoms with E-state index in [0.717, 1.165) is 4.90 Å². The second-order valence-electron chi connectivity index (χ2n) is 3.22. The predicted molar refractivity (Wildman–Crippen MR) is 47.8 cm³/mol. The van der Waals surface area contributed by atoms with E-state index in [9.17, 15) is 14.4 Å². The molecule has 1 aliphatic rings. The quantitative estimate of drug-likeness (QED) is 0.367. The van der Waals surface area contributed by atoms with Crippen molar-refractivity contribution in [2.75, 3.05) is 6.67 Å². The van der Waals surface area contributed by atoms with Crippen LogP contribution >= 0.6 is 0 Å². The lowest BCUT2D eigenvalue weighted by atomic mass is 10.0. The molecule has 0 bridgehead atoms. The van der Waals surface area contributed by atoms with Gasteiger partial charge in [-0.3, -0.25) is 14.5 Å². The highest BCUT2D eigenvalue weighted by Gasteiger charge is 2.31. The molecule has 0 aliphatic carbocycles. The van der Waals surface area contributed by atoms with Crippen molar-refractivity contribution in [1.82, 2.24) is 4.90 Å². The molecule has 0 unspecified atom stereocenters. The van der Waals surface area contributed by atoms with Crippen molar-refractivity contribution in [3.05, 3.63) is 11.6 Å². The Labute approximate surface area is 81.1 Å². The van der Waals surface area contributed by atoms with Crippen LogP contribution in [0.1, 0.15) is 13.8 Å². The maximum atomic E-state index is 11.5. The fraction of sp³-hybridized carbons (Fsp3) is 0.444. The van der Waals surface area contributed by atoms with E-state index in [2.05, 4.69) is 4.99 Å². The summed E-state index contributed by atoms with van der Waals surface area (Å²) in [5, 5.41) is 0. The van der Waals surface area contributed by atoms with Crippen LogP contribution in [0.3, 0.4) is 0 Å². The SMILES string of the molecule is CC(C)C1=CC(=O)N(CN=C=O)C1=O. The lowest BCUT2D eigenvalue weighted by molar-refractivity contribution is -0.137. The Morgan fingerprint density at radius 1 is 1.50 bits per heavy atom. The van der Waals surface area contributed by atoms with Gasteiger partial charge < -0.3 is 0 Å². The molecule has 0 aromatic heterocycles. The number of carbonyl (C=O) groups is 2. The van der Waals surface area contributed by atoms with Gasteiger partial charge in [0.05, 0.1) is 0 Å². The van der Waals surface area contributed by atoms with E-state index < -0.39 is 5.91 Å². The van der Waals surface area contributed by atoms with Crippen molar-refractivity contribution < 1.29 is 14.4 Å². The summed E-state index contributed by atoms with van der Waals surface area (Å²) < 4.78 is 0. The minimum Gasteiger partial charge on any atom is -0.269 e. The van der Waals surface area contributed by atoms with Crippen LogP contribution in [0.25, 0.3) is 0 Å². The predicted octanol–water partition coefficient (Wildman–Crippen LogP) is 0.231. The molecule has 0 radical (unpaired) electrons. The van der Waals surface area contributed by atoms with Crippen LogP contribution < -0.4 is 0 Å². The molecular weight excluding hydrogens is 184 g/mol. The number of aliphatic imine (C=N–C) groups is 1. The fourth-order valence-corrected chi connectivity index (χ4v) is 1.18. The van der Waals surface area contributed by atoms with Crippen LogP contribution in [-0.2, 0) is 14.4 Å². The molecule has 0 saturated heterocycles. The summed E-state index contributed by atoms with van der Waals surface area (Å²) in [6.45, 7) is 3.40. The highest BCUT2D eigenvalue weighted by Crippen LogP contribution is 2.19. The van der Waals surface area contributed by atoms with Gasteiger partial charge >= 0.3 is 0 Å². The second kappa shape index (κ2) is 3.98. The first-order valence-corrected chi connectivity index (χ1v) is 4.19. The summed E-state index contributed by atoms with van der Waals surface area (Å²) in [5.41, 5.74) is 0.455. The molecule has 0 aromatic carbocycles. The first kappa shape index (κ1) is 10.3. The minimum atomic E-state index is -0.419. The average molecular weight is 194 g/mol. The topological polar surface area (TPSA) is 66.8 Å². The first-order valence-electron chi connectivity index (χ1n) is 4.19. The molecule has 14 heavy (non-hydrogen) atoms. The van der Waals surface area contributed by atoms with E-state index in [0.29, 0.717) is 5.57 Å². The van der Waals surface area contributed by atoms with Gasteiger partial charge in [0, 0.05) is 11.6 Å². The number of carbonyl (C=O) groups excluding carboxylic acids is 3. The number of rotatable bonds is 3. The second-order valence-corrected chi connectivity index (χ2v) is 3.22. The number of isocyanates is 1. The number of hydrogen-bond donors (Lipinski definition) is 0. The van der Waals surface area contributed by atoms with Gasteiger partial charge in [0.2, 0.25) is 6.08 Å². The molecule has 5 heteroatoms. The smallest absolute Gasteiger partial charge is 0.258 e. The van der Waals surface area contributed by atoms with Crippen LogP contribution in [-0.4, -0.2) is 29.5 Å². The standard InChI is InChI=1S/C9H10N2O3/c1-6(2)7-3-8(13)11(9(7)14)4-10-5-12/h3,6H,4H2,1-2H3. The molecule has 0 aromatic rings. The summed E-state index contributed by atoms with van der Waals surface area (Å²) in [7, 11) is 0. The van der Waals surface area contributed by atoms with Gasteiger partial charge in [0.15, 0.2) is 0 Å². The third-order valence-electron chi connectivity index (χ3n) is 1.94. The van der Waals surface area contributed by atoms with Gasteiger partial charge in [-0.05, 0) is 5.92 Å². The fourth-order valence-electron chi connectivity index (χ4n) is 1.18. The molecule has 2 amide bonds. The zero-order valence-corrected chi connectivity index (χ0v) is 7.98. The average Bonchev–Trinajstić information content (AvgIpc) is 2.40. The lowest BCUT2D eigenvalue weighted by Crippen LogP contribution is -2.31. The number of amides is 2. The van der Waals surface area contributed by atoms with Crippen molar-refractivity contribution in [2.45, 2.75) is 13.8 Å². The summed E-state index contributed by atoms with van der Waals surface area (Å²) in [6.07, 6.45) is 2.57. The third kappa shape index (κ3) is 1.78. The summed E-state index contributed by atoms with van der Waals surface area (Å²) in [4.78, 5) is 36.7. The Hall–Kier alpha value is -1.74. The highest BCUT2D eigenvalue weighted by molar-refractivity contribution is 6.16. The van der Waals surface area contributed by atoms with Crippen LogP contribution in [0.2, 0.25) is 0 Å². The maximum absolute atomic E-state index is 11.5. The molecular formula is C9H10N2O3. The molecule has 0 N–H and O–H groups in total. The van der Waals surface area contributed by atoms with Gasteiger partial charge in [-0.1, -0.05) is 13.8 Å². The Morgan fingerprint density at radius 2 is 2.14 bits per heavy atom. The van der Waals surface area contributed by atoms with Gasteiger partial charge in [-0.25, -0.2) is 4.79 Å². The van der Waals surface area contributed by atoms with E-state index in [1.54, 1.807) is 0 Å². The molecule has 0 atom stereocenters. The molecule has 5 nitrogen and oxygen atoms in total. The monoisotopic (exact) mass is 194 g/mol. The molecule has 0 spiro atoms. The Bertz CT molecular complexity index is 351. The molecule has 1 rings (SSSR count). The van der Waals surface area contributed by atoms with E-state index >= 15 is 0 Å². The van der Waals surface area contributed by atoms with Gasteiger partial charge in [0.25, 0.3) is 11.8 Å². The van der Waals surface area contributed by atoms with Crippen molar-refractivity contribution in [1.29, 1.82) is 0 Å². The largest absolute Gasteiger partial charge is 0.269 e. The van der Waals surface area contributed by atoms with Gasteiger partial charge in [-0.15, -0.1) is 0 Å². The van der Waals surface area contributed by atoms with Crippen LogP contribution in [0.15, 0.2) is 16.6 Å². The van der Waals surface area contributed by atoms with Gasteiger partial charge in [0.1, 0.15) is 6.67 Å². The zero-order valence-electron chi connectivity index (χ0n) is 7.98. The van der Waals surface area contributed by atoms with Crippen LogP contribution in [0.4, 0.5) is 0 Å². The van der Waals surface area contributed by atoms with E-state index in [1.165, 1.54) is 12.2 Å². The van der Waals surface area contributed by atoms with E-state index in [4.69, 9.17) is 0 Å². The summed E-state index contributed by atoms with van der Waals surface area (Å²) in [5.74, 6) is -0.793. The van der Waals surface area contributed by atoms with Gasteiger partial charge in [-0.2, -0.15) is 4.99 Å². The van der Waals surface area contributed by atoms with E-state index in [-0.39, 0.29) is 18.5 Å². The first-order chi connectivity index (χ1) is 6.57. The third-order valence-corrected chi connectivity index (χ3v) is 1.94. The van der Waals surface area contributed by atoms with Crippen LogP contribution in [0.5, 0.6) is 0 Å². The summed E-state index contributed by atoms with van der Waals surface area (Å²) in [6, 6.07) is 0. The molecule has 74 valence electrons. The molecule has 1 aliphatic heterocycles. The molecule has 0 saturated carbocycles. The zero-order chi connectivity index (χ0) is 10.7. The van der Waals surface area contributed by atoms with Crippen molar-refractivity contribution in [3.8, 4) is 0 Å². The Balaban J connectivity index is 2.83. The summed E-state index contributed by atoms with van der Waals surface area (Å²) >= 11 is 0. The van der Waals surface area contributed by atoms with Crippen LogP contribution in [0, 0.1) is 5.92 Å². The number of hydrogen-bond acceptors (Lipinski definition) is 4. The Kier molecular flexibility index (Phi) is 2.94. The number of imide groups is 1. The Morgan fingerprint density at radius 3 is 2.57 bits per heavy atom. The minimum absolute atomic E-state index is 0.00309. The molecule has 1 heterocycles.